The summed E-state index contributed by atoms with van der Waals surface area (Å²) < 4.78 is 74.7. The standard InChI is InChI=1S/C40H27NO4.C39H23NO4.C32H21NO3.C7H5IO2.H2O4S/c42-40(43)33-11-5-4-8-27(33)22-26-14-17-31(18-15-26)41(30-9-2-1-3-10-30)32-24-35(28-16-19-36-29(23-28)20-21-44-36)39-34-12-6-7-13-37(34)45-38(39)25-32;41-39-30-11-5-7-13-35(30)43-36-17-15-27(21-32(36)39)40(26-8-2-1-3-9-26)28-22-31(24-14-16-33-25(20-24)18-19-42-33)38-29-10-4-6-12-34(29)44-37(38)23-28;34-26-13-11-24(12-14-26)33(23-6-2-1-3-7-23)25-19-28(21-10-15-29-22(18-21)16-17-35-29)32-27-8-4-5-9-30(27)36-31(32)20-25;8-6-4-2-1-3-5(6)7(9)10;1-5(2,3)4/h1-21,23-25H,22H2,(H,42,43);1-23H;1-20,34H;1-4H,(H,9,10);(H2,1,2,3,4). The van der Waals surface area contributed by atoms with Crippen molar-refractivity contribution in [2.75, 3.05) is 14.7 Å². The zero-order chi connectivity index (χ0) is 95.7. The molecule has 5 N–H and O–H groups in total. The van der Waals surface area contributed by atoms with E-state index in [1.165, 1.54) is 0 Å². The monoisotopic (exact) mass is 1970 g/mol. The summed E-state index contributed by atoms with van der Waals surface area (Å²) in [7, 11) is -4.67. The van der Waals surface area contributed by atoms with Crippen LogP contribution in [-0.4, -0.2) is 44.8 Å². The molecule has 18 aromatic carbocycles. The number of aromatic carboxylic acids is 2. The molecule has 0 aliphatic carbocycles. The summed E-state index contributed by atoms with van der Waals surface area (Å²) in [6, 6.07) is 135. The number of para-hydroxylation sites is 7. The number of carbonyl (C=O) groups is 2. The van der Waals surface area contributed by atoms with Crippen LogP contribution in [0.2, 0.25) is 0 Å². The number of rotatable bonds is 16. The van der Waals surface area contributed by atoms with Gasteiger partial charge < -0.3 is 60.9 Å². The molecule has 7 heterocycles. The van der Waals surface area contributed by atoms with Gasteiger partial charge in [0.15, 0.2) is 0 Å². The third-order valence-corrected chi connectivity index (χ3v) is 25.3. The van der Waals surface area contributed by atoms with Gasteiger partial charge in [0.25, 0.3) is 0 Å². The summed E-state index contributed by atoms with van der Waals surface area (Å²) in [6.07, 6.45) is 5.68. The van der Waals surface area contributed by atoms with Crippen molar-refractivity contribution >= 4 is 217 Å². The van der Waals surface area contributed by atoms with E-state index in [9.17, 15) is 24.6 Å². The molecule has 0 spiro atoms. The van der Waals surface area contributed by atoms with Crippen LogP contribution in [0.3, 0.4) is 0 Å². The summed E-state index contributed by atoms with van der Waals surface area (Å²) in [5.41, 5.74) is 25.9. The Hall–Kier alpha value is -17.8. The van der Waals surface area contributed by atoms with Crippen molar-refractivity contribution in [1.82, 2.24) is 0 Å². The van der Waals surface area contributed by atoms with E-state index in [2.05, 4.69) is 166 Å². The largest absolute Gasteiger partial charge is 0.508 e. The molecule has 7 aromatic heterocycles. The van der Waals surface area contributed by atoms with E-state index in [1.54, 1.807) is 67.3 Å². The number of nitrogens with zero attached hydrogens (tertiary/aromatic N) is 3. The molecule has 25 rings (SSSR count). The van der Waals surface area contributed by atoms with E-state index < -0.39 is 22.3 Å². The number of aromatic hydroxyl groups is 1. The Morgan fingerprint density at radius 2 is 0.600 bits per heavy atom. The molecule has 0 atom stereocenters. The lowest BCUT2D eigenvalue weighted by molar-refractivity contribution is 0.0685. The number of furan rings is 6. The Kier molecular flexibility index (Phi) is 24.2. The fourth-order valence-corrected chi connectivity index (χ4v) is 18.7. The first-order valence-electron chi connectivity index (χ1n) is 44.5. The van der Waals surface area contributed by atoms with Gasteiger partial charge in [-0.25, -0.2) is 9.59 Å². The third kappa shape index (κ3) is 18.2. The second kappa shape index (κ2) is 38.2. The highest BCUT2D eigenvalue weighted by Crippen LogP contribution is 2.50. The SMILES string of the molecule is O=C(O)c1ccccc1Cc1ccc(N(c2ccccc2)c2cc(-c3ccc4occc4c3)c3c(c2)oc2ccccc23)cc1.O=C(O)c1ccccc1I.O=S(=O)(O)O.O=c1c2ccccc2oc2ccc(N(c3ccccc3)c3cc(-c4ccc5occc5c4)c4c(c3)oc3ccccc34)cc12.Oc1ccc(N(c2ccccc2)c2cc(-c3ccc4occc4c3)c3c(c2)oc2ccccc23)cc1. The van der Waals surface area contributed by atoms with Gasteiger partial charge in [-0.3, -0.25) is 13.9 Å². The van der Waals surface area contributed by atoms with Gasteiger partial charge in [0, 0.05) is 104 Å². The Bertz CT molecular complexity index is 9180. The van der Waals surface area contributed by atoms with Crippen molar-refractivity contribution in [3.63, 3.8) is 0 Å². The highest BCUT2D eigenvalue weighted by Gasteiger charge is 2.27. The Balaban J connectivity index is 0.000000116. The lowest BCUT2D eigenvalue weighted by atomic mass is 9.97. The number of carboxylic acids is 2. The van der Waals surface area contributed by atoms with Gasteiger partial charge in [-0.15, -0.1) is 0 Å². The van der Waals surface area contributed by atoms with Gasteiger partial charge in [-0.1, -0.05) is 182 Å². The van der Waals surface area contributed by atoms with Crippen LogP contribution in [0.1, 0.15) is 31.8 Å². The maximum Gasteiger partial charge on any atom is 0.394 e. The van der Waals surface area contributed by atoms with E-state index in [4.69, 9.17) is 53.5 Å². The first-order chi connectivity index (χ1) is 68.3. The molecule has 25 aromatic rings. The van der Waals surface area contributed by atoms with E-state index in [1.807, 2.05) is 235 Å². The Labute approximate surface area is 811 Å². The second-order valence-corrected chi connectivity index (χ2v) is 35.1. The minimum absolute atomic E-state index is 0.0569. The van der Waals surface area contributed by atoms with Crippen LogP contribution in [0.25, 0.3) is 154 Å². The maximum atomic E-state index is 13.6. The van der Waals surface area contributed by atoms with Gasteiger partial charge in [-0.05, 0) is 286 Å². The molecule has 20 nitrogen and oxygen atoms in total. The fourth-order valence-electron chi connectivity index (χ4n) is 18.1. The highest BCUT2D eigenvalue weighted by atomic mass is 127. The fraction of sp³-hybridized carbons (Fsp3) is 0.00847. The molecule has 22 heteroatoms. The maximum absolute atomic E-state index is 13.6. The molecule has 0 amide bonds. The van der Waals surface area contributed by atoms with Crippen LogP contribution < -0.4 is 20.1 Å². The van der Waals surface area contributed by atoms with Crippen LogP contribution in [0.5, 0.6) is 5.75 Å². The second-order valence-electron chi connectivity index (χ2n) is 33.1. The van der Waals surface area contributed by atoms with Crippen LogP contribution in [0.15, 0.2) is 467 Å². The number of anilines is 9. The summed E-state index contributed by atoms with van der Waals surface area (Å²) in [5, 5.41) is 38.7. The van der Waals surface area contributed by atoms with Gasteiger partial charge in [0.05, 0.1) is 57.8 Å². The molecule has 140 heavy (non-hydrogen) atoms. The summed E-state index contributed by atoms with van der Waals surface area (Å²) >= 11 is 1.99. The van der Waals surface area contributed by atoms with Gasteiger partial charge >= 0.3 is 22.3 Å². The minimum atomic E-state index is -4.67. The average molecular weight is 1970 g/mol. The number of halogens is 1. The normalized spacial score (nSPS) is 11.4. The molecule has 0 saturated carbocycles. The molecule has 0 saturated heterocycles. The topological polar surface area (TPSA) is 288 Å². The van der Waals surface area contributed by atoms with Crippen molar-refractivity contribution in [3.05, 3.63) is 467 Å². The van der Waals surface area contributed by atoms with Crippen LogP contribution in [-0.2, 0) is 16.8 Å². The molecular weight excluding hydrogens is 1890 g/mol. The van der Waals surface area contributed by atoms with E-state index in [0.29, 0.717) is 39.5 Å². The summed E-state index contributed by atoms with van der Waals surface area (Å²) in [5.74, 6) is -1.56. The molecular formula is C118H78IN3O17S. The predicted molar refractivity (Wildman–Crippen MR) is 563 cm³/mol. The number of hydrogen-bond donors (Lipinski definition) is 5. The molecule has 0 radical (unpaired) electrons. The van der Waals surface area contributed by atoms with E-state index in [0.717, 1.165) is 198 Å². The Morgan fingerprint density at radius 3 is 1.00 bits per heavy atom. The number of fused-ring (bicyclic) bond motifs is 14. The van der Waals surface area contributed by atoms with Crippen LogP contribution in [0.4, 0.5) is 51.2 Å². The molecule has 0 aliphatic rings. The van der Waals surface area contributed by atoms with E-state index in [-0.39, 0.29) is 11.2 Å². The van der Waals surface area contributed by atoms with Crippen molar-refractivity contribution in [3.8, 4) is 39.1 Å². The molecule has 680 valence electrons. The number of phenols is 1. The van der Waals surface area contributed by atoms with Crippen LogP contribution in [0, 0.1) is 3.57 Å². The van der Waals surface area contributed by atoms with E-state index >= 15 is 0 Å². The van der Waals surface area contributed by atoms with Gasteiger partial charge in [0.2, 0.25) is 5.43 Å². The first-order valence-corrected chi connectivity index (χ1v) is 46.9. The molecule has 0 fully saturated rings. The minimum Gasteiger partial charge on any atom is -0.508 e. The summed E-state index contributed by atoms with van der Waals surface area (Å²) in [4.78, 5) is 42.4. The predicted octanol–water partition coefficient (Wildman–Crippen LogP) is 32.0. The number of phenolic OH excluding ortho intramolecular Hbond substituents is 1. The average Bonchev–Trinajstić information content (AvgIpc) is 1.41. The zero-order valence-corrected chi connectivity index (χ0v) is 76.9. The highest BCUT2D eigenvalue weighted by molar-refractivity contribution is 14.1. The number of hydrogen-bond acceptors (Lipinski definition) is 16. The van der Waals surface area contributed by atoms with Crippen molar-refractivity contribution < 1.29 is 73.4 Å². The molecule has 0 aliphatic heterocycles. The Morgan fingerprint density at radius 1 is 0.286 bits per heavy atom. The summed E-state index contributed by atoms with van der Waals surface area (Å²) in [6.45, 7) is 0. The lowest BCUT2D eigenvalue weighted by Crippen LogP contribution is -2.11. The number of benzene rings is 18. The van der Waals surface area contributed by atoms with Gasteiger partial charge in [0.1, 0.15) is 67.2 Å². The van der Waals surface area contributed by atoms with Gasteiger partial charge in [-0.2, -0.15) is 8.42 Å². The quantitative estimate of drug-likeness (QED) is 0.0341. The van der Waals surface area contributed by atoms with Crippen LogP contribution >= 0.6 is 22.6 Å². The number of carboxylic acid groups (broad SMARTS) is 2. The molecule has 0 unspecified atom stereocenters. The van der Waals surface area contributed by atoms with Crippen molar-refractivity contribution in [1.29, 1.82) is 0 Å². The van der Waals surface area contributed by atoms with Crippen molar-refractivity contribution in [2.24, 2.45) is 0 Å². The third-order valence-electron chi connectivity index (χ3n) is 24.4. The first kappa shape index (κ1) is 88.8. The van der Waals surface area contributed by atoms with Crippen molar-refractivity contribution in [2.45, 2.75) is 6.42 Å². The molecule has 0 bridgehead atoms. The smallest absolute Gasteiger partial charge is 0.394 e. The zero-order valence-electron chi connectivity index (χ0n) is 74.0. The lowest BCUT2D eigenvalue weighted by Gasteiger charge is -2.26.